The Morgan fingerprint density at radius 2 is 2.00 bits per heavy atom. The predicted molar refractivity (Wildman–Crippen MR) is 71.1 cm³/mol. The molecule has 1 saturated heterocycles. The topological polar surface area (TPSA) is 38.5 Å². The van der Waals surface area contributed by atoms with Crippen LogP contribution in [0.4, 0.5) is 0 Å². The maximum absolute atomic E-state index is 6.14. The van der Waals surface area contributed by atoms with Crippen LogP contribution in [0.3, 0.4) is 0 Å². The lowest BCUT2D eigenvalue weighted by Gasteiger charge is -2.34. The second-order valence-electron chi connectivity index (χ2n) is 5.86. The third-order valence-electron chi connectivity index (χ3n) is 4.67. The smallest absolute Gasteiger partial charge is 0.0804 e. The molecule has 3 nitrogen and oxygen atoms in total. The van der Waals surface area contributed by atoms with Crippen molar-refractivity contribution in [3.63, 3.8) is 0 Å². The average molecular weight is 240 g/mol. The molecule has 1 aliphatic heterocycles. The summed E-state index contributed by atoms with van der Waals surface area (Å²) in [6, 6.07) is 0.736. The van der Waals surface area contributed by atoms with E-state index in [1.165, 1.54) is 57.9 Å². The van der Waals surface area contributed by atoms with Gasteiger partial charge in [0.25, 0.3) is 0 Å². The van der Waals surface area contributed by atoms with Gasteiger partial charge in [0.15, 0.2) is 0 Å². The van der Waals surface area contributed by atoms with E-state index in [1.54, 1.807) is 0 Å². The normalized spacial score (nSPS) is 29.6. The summed E-state index contributed by atoms with van der Waals surface area (Å²) in [5.41, 5.74) is 5.91. The first-order valence-electron chi connectivity index (χ1n) is 7.30. The molecule has 0 aromatic carbocycles. The summed E-state index contributed by atoms with van der Waals surface area (Å²) < 4.78 is 6.14. The molecule has 1 saturated carbocycles. The number of piperidine rings is 1. The lowest BCUT2D eigenvalue weighted by atomic mass is 9.99. The molecule has 2 rings (SSSR count). The monoisotopic (exact) mass is 240 g/mol. The summed E-state index contributed by atoms with van der Waals surface area (Å²) >= 11 is 0. The van der Waals surface area contributed by atoms with E-state index in [4.69, 9.17) is 10.5 Å². The van der Waals surface area contributed by atoms with Gasteiger partial charge in [0, 0.05) is 19.2 Å². The molecule has 17 heavy (non-hydrogen) atoms. The number of hydrogen-bond donors (Lipinski definition) is 1. The van der Waals surface area contributed by atoms with Crippen molar-refractivity contribution in [2.24, 2.45) is 5.73 Å². The van der Waals surface area contributed by atoms with Crippen molar-refractivity contribution in [3.05, 3.63) is 0 Å². The molecule has 0 amide bonds. The summed E-state index contributed by atoms with van der Waals surface area (Å²) in [6.07, 6.45) is 10.2. The van der Waals surface area contributed by atoms with Crippen molar-refractivity contribution in [1.29, 1.82) is 0 Å². The largest absolute Gasteiger partial charge is 0.374 e. The average Bonchev–Trinajstić information content (AvgIpc) is 2.81. The zero-order valence-corrected chi connectivity index (χ0v) is 11.3. The Hall–Kier alpha value is -0.120. The third kappa shape index (κ3) is 3.43. The summed E-state index contributed by atoms with van der Waals surface area (Å²) in [5.74, 6) is 0. The van der Waals surface area contributed by atoms with Crippen LogP contribution in [-0.4, -0.2) is 43.3 Å². The lowest BCUT2D eigenvalue weighted by Crippen LogP contribution is -2.41. The minimum atomic E-state index is 0.0350. The summed E-state index contributed by atoms with van der Waals surface area (Å²) in [6.45, 7) is 2.85. The number of ether oxygens (including phenoxy) is 1. The molecule has 2 aliphatic rings. The van der Waals surface area contributed by atoms with Gasteiger partial charge >= 0.3 is 0 Å². The maximum atomic E-state index is 6.14. The lowest BCUT2D eigenvalue weighted by molar-refractivity contribution is -0.0424. The number of nitrogens with zero attached hydrogens (tertiary/aromatic N) is 1. The Labute approximate surface area is 106 Å². The highest BCUT2D eigenvalue weighted by Crippen LogP contribution is 2.32. The molecule has 1 aliphatic carbocycles. The molecular weight excluding hydrogens is 212 g/mol. The Balaban J connectivity index is 1.71. The van der Waals surface area contributed by atoms with E-state index < -0.39 is 0 Å². The van der Waals surface area contributed by atoms with Crippen molar-refractivity contribution in [2.75, 3.05) is 26.7 Å². The van der Waals surface area contributed by atoms with Gasteiger partial charge in [0.05, 0.1) is 5.60 Å². The van der Waals surface area contributed by atoms with Gasteiger partial charge in [-0.3, -0.25) is 0 Å². The zero-order valence-electron chi connectivity index (χ0n) is 11.3. The molecule has 1 atom stereocenters. The fourth-order valence-corrected chi connectivity index (χ4v) is 3.35. The quantitative estimate of drug-likeness (QED) is 0.800. The minimum absolute atomic E-state index is 0.0350. The van der Waals surface area contributed by atoms with E-state index in [0.717, 1.165) is 12.6 Å². The van der Waals surface area contributed by atoms with E-state index in [0.29, 0.717) is 6.54 Å². The van der Waals surface area contributed by atoms with E-state index >= 15 is 0 Å². The van der Waals surface area contributed by atoms with Crippen molar-refractivity contribution < 1.29 is 4.74 Å². The maximum Gasteiger partial charge on any atom is 0.0804 e. The molecular formula is C14H28N2O. The molecule has 1 heterocycles. The van der Waals surface area contributed by atoms with Gasteiger partial charge in [0.2, 0.25) is 0 Å². The van der Waals surface area contributed by atoms with Crippen LogP contribution in [-0.2, 0) is 4.74 Å². The van der Waals surface area contributed by atoms with Gasteiger partial charge in [-0.15, -0.1) is 0 Å². The van der Waals surface area contributed by atoms with Crippen molar-refractivity contribution in [1.82, 2.24) is 4.90 Å². The van der Waals surface area contributed by atoms with E-state index in [9.17, 15) is 0 Å². The van der Waals surface area contributed by atoms with E-state index in [1.807, 2.05) is 0 Å². The first-order valence-corrected chi connectivity index (χ1v) is 7.30. The van der Waals surface area contributed by atoms with Gasteiger partial charge in [-0.1, -0.05) is 19.3 Å². The SMILES string of the molecule is CN1CCCCC1CCOC1(CN)CCCC1. The number of likely N-dealkylation sites (tertiary alicyclic amines) is 1. The fraction of sp³-hybridized carbons (Fsp3) is 1.00. The molecule has 2 fully saturated rings. The van der Waals surface area contributed by atoms with Crippen LogP contribution >= 0.6 is 0 Å². The molecule has 1 unspecified atom stereocenters. The molecule has 0 radical (unpaired) electrons. The third-order valence-corrected chi connectivity index (χ3v) is 4.67. The Morgan fingerprint density at radius 3 is 2.65 bits per heavy atom. The van der Waals surface area contributed by atoms with Crippen LogP contribution < -0.4 is 5.73 Å². The fourth-order valence-electron chi connectivity index (χ4n) is 3.35. The number of hydrogen-bond acceptors (Lipinski definition) is 3. The second kappa shape index (κ2) is 6.17. The molecule has 100 valence electrons. The van der Waals surface area contributed by atoms with Crippen molar-refractivity contribution >= 4 is 0 Å². The highest BCUT2D eigenvalue weighted by molar-refractivity contribution is 4.87. The Morgan fingerprint density at radius 1 is 1.24 bits per heavy atom. The molecule has 0 aromatic heterocycles. The number of rotatable bonds is 5. The van der Waals surface area contributed by atoms with Gasteiger partial charge in [0.1, 0.15) is 0 Å². The first kappa shape index (κ1) is 13.3. The second-order valence-corrected chi connectivity index (χ2v) is 5.86. The predicted octanol–water partition coefficient (Wildman–Crippen LogP) is 2.15. The summed E-state index contributed by atoms with van der Waals surface area (Å²) in [4.78, 5) is 2.50. The minimum Gasteiger partial charge on any atom is -0.374 e. The van der Waals surface area contributed by atoms with Crippen LogP contribution in [0.1, 0.15) is 51.4 Å². The van der Waals surface area contributed by atoms with Crippen molar-refractivity contribution in [2.45, 2.75) is 63.0 Å². The molecule has 0 spiro atoms. The Bertz CT molecular complexity index is 226. The molecule has 2 N–H and O–H groups in total. The number of nitrogens with two attached hydrogens (primary N) is 1. The van der Waals surface area contributed by atoms with Crippen molar-refractivity contribution in [3.8, 4) is 0 Å². The first-order chi connectivity index (χ1) is 8.26. The highest BCUT2D eigenvalue weighted by atomic mass is 16.5. The van der Waals surface area contributed by atoms with Gasteiger partial charge in [-0.25, -0.2) is 0 Å². The summed E-state index contributed by atoms with van der Waals surface area (Å²) in [5, 5.41) is 0. The summed E-state index contributed by atoms with van der Waals surface area (Å²) in [7, 11) is 2.25. The molecule has 3 heteroatoms. The van der Waals surface area contributed by atoms with Gasteiger partial charge in [-0.05, 0) is 45.7 Å². The van der Waals surface area contributed by atoms with E-state index in [-0.39, 0.29) is 5.60 Å². The Kier molecular flexibility index (Phi) is 4.83. The molecule has 0 aromatic rings. The van der Waals surface area contributed by atoms with Gasteiger partial charge in [-0.2, -0.15) is 0 Å². The van der Waals surface area contributed by atoms with Gasteiger partial charge < -0.3 is 15.4 Å². The van der Waals surface area contributed by atoms with Crippen LogP contribution in [0.2, 0.25) is 0 Å². The zero-order chi connectivity index (χ0) is 12.1. The standard InChI is InChI=1S/C14H28N2O/c1-16-10-5-2-6-13(16)7-11-17-14(12-15)8-3-4-9-14/h13H,2-12,15H2,1H3. The van der Waals surface area contributed by atoms with Crippen LogP contribution in [0.15, 0.2) is 0 Å². The highest BCUT2D eigenvalue weighted by Gasteiger charge is 2.33. The van der Waals surface area contributed by atoms with Crippen LogP contribution in [0.5, 0.6) is 0 Å². The van der Waals surface area contributed by atoms with Crippen LogP contribution in [0.25, 0.3) is 0 Å². The van der Waals surface area contributed by atoms with Crippen LogP contribution in [0, 0.1) is 0 Å². The molecule has 0 bridgehead atoms. The van der Waals surface area contributed by atoms with E-state index in [2.05, 4.69) is 11.9 Å².